The van der Waals surface area contributed by atoms with Crippen LogP contribution < -0.4 is 5.32 Å². The monoisotopic (exact) mass is 257 g/mol. The highest BCUT2D eigenvalue weighted by atomic mass is 35.5. The zero-order chi connectivity index (χ0) is 12.8. The van der Waals surface area contributed by atoms with Gasteiger partial charge in [0.05, 0.1) is 5.02 Å². The van der Waals surface area contributed by atoms with Crippen molar-refractivity contribution in [2.24, 2.45) is 0 Å². The molecular weight excluding hydrogens is 241 g/mol. The second-order valence-corrected chi connectivity index (χ2v) is 4.53. The summed E-state index contributed by atoms with van der Waals surface area (Å²) in [6, 6.07) is 4.56. The largest absolute Gasteiger partial charge is 0.314 e. The Morgan fingerprint density at radius 3 is 2.82 bits per heavy atom. The number of carbonyl (C=O) groups is 1. The Balaban J connectivity index is 2.53. The van der Waals surface area contributed by atoms with Gasteiger partial charge in [0, 0.05) is 18.9 Å². The predicted molar refractivity (Wildman–Crippen MR) is 67.9 cm³/mol. The first kappa shape index (κ1) is 14.1. The minimum Gasteiger partial charge on any atom is -0.314 e. The van der Waals surface area contributed by atoms with Crippen molar-refractivity contribution in [3.63, 3.8) is 0 Å². The molecule has 1 atom stereocenters. The average molecular weight is 258 g/mol. The van der Waals surface area contributed by atoms with Crippen LogP contribution in [0.25, 0.3) is 0 Å². The van der Waals surface area contributed by atoms with Crippen LogP contribution in [0.15, 0.2) is 18.2 Å². The van der Waals surface area contributed by atoms with Gasteiger partial charge in [0.15, 0.2) is 0 Å². The van der Waals surface area contributed by atoms with Crippen LogP contribution in [0, 0.1) is 5.82 Å². The molecule has 0 radical (unpaired) electrons. The average Bonchev–Trinajstić information content (AvgIpc) is 2.23. The molecule has 0 spiro atoms. The number of rotatable bonds is 6. The second kappa shape index (κ2) is 6.72. The number of benzene rings is 1. The van der Waals surface area contributed by atoms with Gasteiger partial charge in [0.2, 0.25) is 0 Å². The van der Waals surface area contributed by atoms with Crippen LogP contribution in [0.5, 0.6) is 0 Å². The summed E-state index contributed by atoms with van der Waals surface area (Å²) in [5.74, 6) is -0.329. The molecule has 0 aliphatic heterocycles. The molecule has 1 N–H and O–H groups in total. The van der Waals surface area contributed by atoms with Crippen molar-refractivity contribution < 1.29 is 9.18 Å². The number of Topliss-reactive ketones (excluding diaryl/α,β-unsaturated/α-hetero) is 1. The molecule has 0 aromatic heterocycles. The Morgan fingerprint density at radius 1 is 1.53 bits per heavy atom. The lowest BCUT2D eigenvalue weighted by Crippen LogP contribution is -2.28. The van der Waals surface area contributed by atoms with Gasteiger partial charge in [-0.2, -0.15) is 0 Å². The maximum atomic E-state index is 12.9. The highest BCUT2D eigenvalue weighted by Crippen LogP contribution is 2.16. The first-order chi connectivity index (χ1) is 8.02. The highest BCUT2D eigenvalue weighted by Gasteiger charge is 2.10. The van der Waals surface area contributed by atoms with Gasteiger partial charge in [-0.15, -0.1) is 0 Å². The van der Waals surface area contributed by atoms with Crippen LogP contribution in [0.1, 0.15) is 25.8 Å². The smallest absolute Gasteiger partial charge is 0.141 e. The van der Waals surface area contributed by atoms with Crippen molar-refractivity contribution in [1.82, 2.24) is 5.32 Å². The lowest BCUT2D eigenvalue weighted by molar-refractivity contribution is -0.118. The Kier molecular flexibility index (Phi) is 5.59. The molecule has 2 nitrogen and oxygen atoms in total. The van der Waals surface area contributed by atoms with Crippen molar-refractivity contribution in [2.75, 3.05) is 6.54 Å². The maximum Gasteiger partial charge on any atom is 0.141 e. The third-order valence-corrected chi connectivity index (χ3v) is 2.76. The minimum absolute atomic E-state index is 0.0648. The molecule has 0 bridgehead atoms. The predicted octanol–water partition coefficient (Wildman–Crippen LogP) is 2.98. The van der Waals surface area contributed by atoms with Gasteiger partial charge < -0.3 is 5.32 Å². The van der Waals surface area contributed by atoms with Gasteiger partial charge in [-0.1, -0.05) is 24.6 Å². The topological polar surface area (TPSA) is 29.1 Å². The summed E-state index contributed by atoms with van der Waals surface area (Å²) in [5, 5.41) is 3.24. The van der Waals surface area contributed by atoms with E-state index in [1.165, 1.54) is 12.1 Å². The van der Waals surface area contributed by atoms with Crippen LogP contribution in [0.4, 0.5) is 4.39 Å². The molecule has 0 aliphatic rings. The van der Waals surface area contributed by atoms with Crippen LogP contribution in [0.2, 0.25) is 5.02 Å². The maximum absolute atomic E-state index is 12.9. The molecule has 0 aliphatic carbocycles. The fraction of sp³-hybridized carbons (Fsp3) is 0.462. The summed E-state index contributed by atoms with van der Waals surface area (Å²) in [5.41, 5.74) is 0.755. The normalized spacial score (nSPS) is 12.5. The summed E-state index contributed by atoms with van der Waals surface area (Å²) in [6.07, 6.45) is 0.776. The number of carbonyl (C=O) groups excluding carboxylic acids is 1. The second-order valence-electron chi connectivity index (χ2n) is 4.13. The molecule has 1 rings (SSSR count). The van der Waals surface area contributed by atoms with Crippen molar-refractivity contribution in [3.8, 4) is 0 Å². The summed E-state index contributed by atoms with van der Waals surface area (Å²) < 4.78 is 12.9. The van der Waals surface area contributed by atoms with E-state index in [0.717, 1.165) is 12.1 Å². The SMILES string of the molecule is CCNC(C)CC(=O)Cc1ccc(F)c(Cl)c1. The van der Waals surface area contributed by atoms with Crippen molar-refractivity contribution in [3.05, 3.63) is 34.6 Å². The molecular formula is C13H17ClFNO. The Labute approximate surface area is 106 Å². The lowest BCUT2D eigenvalue weighted by atomic mass is 10.0. The van der Waals surface area contributed by atoms with E-state index in [2.05, 4.69) is 5.32 Å². The number of hydrogen-bond acceptors (Lipinski definition) is 2. The number of nitrogens with one attached hydrogen (secondary N) is 1. The van der Waals surface area contributed by atoms with Crippen LogP contribution in [-0.4, -0.2) is 18.4 Å². The molecule has 0 saturated carbocycles. The van der Waals surface area contributed by atoms with E-state index in [0.29, 0.717) is 12.8 Å². The lowest BCUT2D eigenvalue weighted by Gasteiger charge is -2.11. The zero-order valence-corrected chi connectivity index (χ0v) is 10.9. The van der Waals surface area contributed by atoms with Crippen molar-refractivity contribution in [2.45, 2.75) is 32.7 Å². The molecule has 1 aromatic rings. The molecule has 0 saturated heterocycles. The van der Waals surface area contributed by atoms with Gasteiger partial charge in [-0.3, -0.25) is 4.79 Å². The van der Waals surface area contributed by atoms with Gasteiger partial charge in [0.25, 0.3) is 0 Å². The molecule has 0 heterocycles. The van der Waals surface area contributed by atoms with E-state index in [4.69, 9.17) is 11.6 Å². The zero-order valence-electron chi connectivity index (χ0n) is 10.1. The summed E-state index contributed by atoms with van der Waals surface area (Å²) >= 11 is 5.65. The van der Waals surface area contributed by atoms with Crippen LogP contribution >= 0.6 is 11.6 Å². The molecule has 0 fully saturated rings. The summed E-state index contributed by atoms with van der Waals surface area (Å²) in [6.45, 7) is 4.82. The molecule has 0 amide bonds. The fourth-order valence-electron chi connectivity index (χ4n) is 1.71. The first-order valence-corrected chi connectivity index (χ1v) is 6.09. The van der Waals surface area contributed by atoms with E-state index in [1.807, 2.05) is 13.8 Å². The van der Waals surface area contributed by atoms with Crippen LogP contribution in [-0.2, 0) is 11.2 Å². The Morgan fingerprint density at radius 2 is 2.24 bits per heavy atom. The van der Waals surface area contributed by atoms with E-state index in [-0.39, 0.29) is 16.8 Å². The van der Waals surface area contributed by atoms with E-state index in [1.54, 1.807) is 6.07 Å². The van der Waals surface area contributed by atoms with E-state index in [9.17, 15) is 9.18 Å². The number of ketones is 1. The molecule has 17 heavy (non-hydrogen) atoms. The Hall–Kier alpha value is -0.930. The first-order valence-electron chi connectivity index (χ1n) is 5.72. The molecule has 1 unspecified atom stereocenters. The van der Waals surface area contributed by atoms with Gasteiger partial charge >= 0.3 is 0 Å². The number of halogens is 2. The van der Waals surface area contributed by atoms with E-state index >= 15 is 0 Å². The van der Waals surface area contributed by atoms with E-state index < -0.39 is 5.82 Å². The quantitative estimate of drug-likeness (QED) is 0.849. The fourth-order valence-corrected chi connectivity index (χ4v) is 1.91. The van der Waals surface area contributed by atoms with Gasteiger partial charge in [0.1, 0.15) is 11.6 Å². The summed E-state index contributed by atoms with van der Waals surface area (Å²) in [4.78, 5) is 11.7. The molecule has 4 heteroatoms. The van der Waals surface area contributed by atoms with Crippen molar-refractivity contribution in [1.29, 1.82) is 0 Å². The minimum atomic E-state index is -0.455. The highest BCUT2D eigenvalue weighted by molar-refractivity contribution is 6.30. The van der Waals surface area contributed by atoms with Crippen LogP contribution in [0.3, 0.4) is 0 Å². The van der Waals surface area contributed by atoms with Gasteiger partial charge in [-0.25, -0.2) is 4.39 Å². The van der Waals surface area contributed by atoms with Crippen molar-refractivity contribution >= 4 is 17.4 Å². The number of hydrogen-bond donors (Lipinski definition) is 1. The van der Waals surface area contributed by atoms with Gasteiger partial charge in [-0.05, 0) is 31.2 Å². The standard InChI is InChI=1S/C13H17ClFNO/c1-3-16-9(2)6-11(17)7-10-4-5-13(15)12(14)8-10/h4-5,8-9,16H,3,6-7H2,1-2H3. The Bertz CT molecular complexity index is 395. The molecule has 94 valence electrons. The third-order valence-electron chi connectivity index (χ3n) is 2.47. The summed E-state index contributed by atoms with van der Waals surface area (Å²) in [7, 11) is 0. The molecule has 1 aromatic carbocycles. The third kappa shape index (κ3) is 4.84.